The van der Waals surface area contributed by atoms with Crippen molar-refractivity contribution in [3.05, 3.63) is 102 Å². The van der Waals surface area contributed by atoms with Gasteiger partial charge in [-0.2, -0.15) is 0 Å². The first-order chi connectivity index (χ1) is 15.8. The summed E-state index contributed by atoms with van der Waals surface area (Å²) in [5.41, 5.74) is 3.87. The van der Waals surface area contributed by atoms with Gasteiger partial charge < -0.3 is 15.5 Å². The van der Waals surface area contributed by atoms with E-state index in [0.29, 0.717) is 34.4 Å². The van der Waals surface area contributed by atoms with Gasteiger partial charge in [0.25, 0.3) is 0 Å². The molecule has 0 amide bonds. The molecule has 2 aromatic carbocycles. The lowest BCUT2D eigenvalue weighted by Crippen LogP contribution is -2.07. The molecule has 0 aliphatic heterocycles. The third-order valence-corrected chi connectivity index (χ3v) is 6.08. The lowest BCUT2D eigenvalue weighted by atomic mass is 9.95. The number of anilines is 2. The van der Waals surface area contributed by atoms with Gasteiger partial charge in [0.05, 0.1) is 23.4 Å². The third-order valence-electron chi connectivity index (χ3n) is 4.97. The summed E-state index contributed by atoms with van der Waals surface area (Å²) in [7, 11) is -1.73. The predicted octanol–water partition coefficient (Wildman–Crippen LogP) is 4.65. The molecule has 0 spiro atoms. The number of rotatable bonds is 6. The molecule has 1 aromatic heterocycles. The highest BCUT2D eigenvalue weighted by Crippen LogP contribution is 2.29. The summed E-state index contributed by atoms with van der Waals surface area (Å²) in [6, 6.07) is 17.9. The highest BCUT2D eigenvalue weighted by atomic mass is 32.2. The number of sulfone groups is 1. The van der Waals surface area contributed by atoms with Crippen molar-refractivity contribution in [1.29, 1.82) is 5.41 Å². The van der Waals surface area contributed by atoms with Crippen LogP contribution in [0.2, 0.25) is 0 Å². The van der Waals surface area contributed by atoms with Gasteiger partial charge in [0.15, 0.2) is 9.84 Å². The van der Waals surface area contributed by atoms with Crippen LogP contribution in [0.1, 0.15) is 11.3 Å². The molecule has 0 bridgehead atoms. The molecule has 3 aromatic rings. The van der Waals surface area contributed by atoms with E-state index in [1.807, 2.05) is 42.5 Å². The van der Waals surface area contributed by atoms with Crippen LogP contribution in [-0.2, 0) is 14.6 Å². The number of nitrogens with one attached hydrogen (secondary N) is 2. The Morgan fingerprint density at radius 2 is 1.82 bits per heavy atom. The van der Waals surface area contributed by atoms with E-state index in [4.69, 9.17) is 10.1 Å². The van der Waals surface area contributed by atoms with Gasteiger partial charge in [0, 0.05) is 34.8 Å². The number of allylic oxidation sites excluding steroid dienone is 5. The van der Waals surface area contributed by atoms with Crippen LogP contribution < -0.4 is 5.32 Å². The molecule has 4 rings (SSSR count). The molecule has 33 heavy (non-hydrogen) atoms. The summed E-state index contributed by atoms with van der Waals surface area (Å²) in [6.07, 6.45) is 8.18. The Balaban J connectivity index is 1.68. The molecule has 7 nitrogen and oxygen atoms in total. The standard InChI is InChI=1S/C25H22N4O3S/c1-32-24(17-7-4-3-5-8-17)21-15-18(11-12-22(21)26)23-13-14-27-25(29-23)28-19-9-6-10-20(16-19)33(2,30)31/h3-16,26H,1-2H3,(H,27,28,29)/b24-21-,26-22?. The van der Waals surface area contributed by atoms with Crippen LogP contribution in [0.15, 0.2) is 95.6 Å². The number of nitrogens with zero attached hydrogens (tertiary/aromatic N) is 2. The van der Waals surface area contributed by atoms with Crippen molar-refractivity contribution in [2.24, 2.45) is 0 Å². The second-order valence-corrected chi connectivity index (χ2v) is 9.37. The van der Waals surface area contributed by atoms with E-state index < -0.39 is 9.84 Å². The zero-order chi connectivity index (χ0) is 23.4. The minimum atomic E-state index is -3.32. The Hall–Kier alpha value is -4.04. The van der Waals surface area contributed by atoms with E-state index in [2.05, 4.69) is 15.3 Å². The number of benzene rings is 2. The molecule has 0 saturated carbocycles. The summed E-state index contributed by atoms with van der Waals surface area (Å²) in [5, 5.41) is 11.4. The number of hydrogen-bond acceptors (Lipinski definition) is 7. The highest BCUT2D eigenvalue weighted by Gasteiger charge is 2.17. The lowest BCUT2D eigenvalue weighted by molar-refractivity contribution is 0.369. The smallest absolute Gasteiger partial charge is 0.227 e. The highest BCUT2D eigenvalue weighted by molar-refractivity contribution is 7.90. The van der Waals surface area contributed by atoms with Crippen LogP contribution in [0.25, 0.3) is 11.3 Å². The van der Waals surface area contributed by atoms with Crippen molar-refractivity contribution in [3.63, 3.8) is 0 Å². The summed E-state index contributed by atoms with van der Waals surface area (Å²) in [6.45, 7) is 0. The zero-order valence-electron chi connectivity index (χ0n) is 18.1. The Labute approximate surface area is 192 Å². The molecule has 1 aliphatic carbocycles. The van der Waals surface area contributed by atoms with Crippen LogP contribution in [0.5, 0.6) is 0 Å². The molecule has 0 fully saturated rings. The molecular formula is C25H22N4O3S. The summed E-state index contributed by atoms with van der Waals surface area (Å²) in [5.74, 6) is 0.932. The Morgan fingerprint density at radius 3 is 2.55 bits per heavy atom. The molecule has 8 heteroatoms. The predicted molar refractivity (Wildman–Crippen MR) is 130 cm³/mol. The van der Waals surface area contributed by atoms with Gasteiger partial charge in [0.1, 0.15) is 5.76 Å². The molecular weight excluding hydrogens is 436 g/mol. The first-order valence-corrected chi connectivity index (χ1v) is 12.0. The van der Waals surface area contributed by atoms with Gasteiger partial charge in [-0.15, -0.1) is 0 Å². The van der Waals surface area contributed by atoms with Crippen LogP contribution in [0, 0.1) is 5.41 Å². The molecule has 0 unspecified atom stereocenters. The van der Waals surface area contributed by atoms with Crippen molar-refractivity contribution in [2.75, 3.05) is 18.7 Å². The average molecular weight is 459 g/mol. The zero-order valence-corrected chi connectivity index (χ0v) is 18.9. The van der Waals surface area contributed by atoms with Crippen molar-refractivity contribution in [1.82, 2.24) is 9.97 Å². The Bertz CT molecular complexity index is 1410. The van der Waals surface area contributed by atoms with E-state index in [1.54, 1.807) is 43.6 Å². The minimum absolute atomic E-state index is 0.211. The van der Waals surface area contributed by atoms with Crippen molar-refractivity contribution < 1.29 is 13.2 Å². The maximum Gasteiger partial charge on any atom is 0.227 e. The van der Waals surface area contributed by atoms with E-state index in [-0.39, 0.29) is 4.90 Å². The fourth-order valence-electron chi connectivity index (χ4n) is 3.38. The maximum absolute atomic E-state index is 11.8. The molecule has 2 N–H and O–H groups in total. The number of aromatic nitrogens is 2. The molecule has 0 saturated heterocycles. The van der Waals surface area contributed by atoms with E-state index in [1.165, 1.54) is 6.07 Å². The molecule has 0 radical (unpaired) electrons. The second-order valence-electron chi connectivity index (χ2n) is 7.35. The minimum Gasteiger partial charge on any atom is -0.495 e. The molecule has 0 atom stereocenters. The fourth-order valence-corrected chi connectivity index (χ4v) is 4.04. The number of hydrogen-bond donors (Lipinski definition) is 2. The molecule has 166 valence electrons. The lowest BCUT2D eigenvalue weighted by Gasteiger charge is -2.16. The maximum atomic E-state index is 11.8. The summed E-state index contributed by atoms with van der Waals surface area (Å²) < 4.78 is 29.3. The SMILES string of the molecule is CO/C(=C1/C=C(c2ccnc(Nc3cccc(S(C)(=O)=O)c3)n2)C=CC1=N)c1ccccc1. The van der Waals surface area contributed by atoms with Gasteiger partial charge in [-0.25, -0.2) is 18.4 Å². The van der Waals surface area contributed by atoms with Gasteiger partial charge >= 0.3 is 0 Å². The van der Waals surface area contributed by atoms with Crippen molar-refractivity contribution in [3.8, 4) is 0 Å². The summed E-state index contributed by atoms with van der Waals surface area (Å²) >= 11 is 0. The second kappa shape index (κ2) is 9.22. The Morgan fingerprint density at radius 1 is 1.03 bits per heavy atom. The van der Waals surface area contributed by atoms with Crippen molar-refractivity contribution >= 4 is 38.5 Å². The third kappa shape index (κ3) is 5.07. The van der Waals surface area contributed by atoms with Crippen LogP contribution >= 0.6 is 0 Å². The van der Waals surface area contributed by atoms with E-state index in [0.717, 1.165) is 17.4 Å². The topological polar surface area (TPSA) is 105 Å². The molecule has 1 aliphatic rings. The van der Waals surface area contributed by atoms with Gasteiger partial charge in [-0.3, -0.25) is 0 Å². The first-order valence-electron chi connectivity index (χ1n) is 10.1. The van der Waals surface area contributed by atoms with E-state index >= 15 is 0 Å². The Kier molecular flexibility index (Phi) is 6.19. The average Bonchev–Trinajstić information content (AvgIpc) is 2.81. The van der Waals surface area contributed by atoms with Gasteiger partial charge in [0.2, 0.25) is 5.95 Å². The largest absolute Gasteiger partial charge is 0.495 e. The van der Waals surface area contributed by atoms with E-state index in [9.17, 15) is 8.42 Å². The summed E-state index contributed by atoms with van der Waals surface area (Å²) in [4.78, 5) is 9.04. The quantitative estimate of drug-likeness (QED) is 0.521. The normalized spacial score (nSPS) is 15.1. The van der Waals surface area contributed by atoms with Crippen LogP contribution in [0.3, 0.4) is 0 Å². The van der Waals surface area contributed by atoms with Gasteiger partial charge in [-0.1, -0.05) is 42.5 Å². The van der Waals surface area contributed by atoms with Crippen molar-refractivity contribution in [2.45, 2.75) is 4.90 Å². The van der Waals surface area contributed by atoms with Crippen LogP contribution in [-0.4, -0.2) is 37.5 Å². The monoisotopic (exact) mass is 458 g/mol. The van der Waals surface area contributed by atoms with Crippen LogP contribution in [0.4, 0.5) is 11.6 Å². The first kappa shape index (κ1) is 22.2. The van der Waals surface area contributed by atoms with Gasteiger partial charge in [-0.05, 0) is 36.4 Å². The number of ether oxygens (including phenoxy) is 1. The number of methoxy groups -OCH3 is 1. The fraction of sp³-hybridized carbons (Fsp3) is 0.0800. The molecule has 1 heterocycles.